The number of rotatable bonds is 7. The van der Waals surface area contributed by atoms with Gasteiger partial charge in [-0.2, -0.15) is 0 Å². The van der Waals surface area contributed by atoms with Crippen LogP contribution in [-0.2, 0) is 4.74 Å². The Kier molecular flexibility index (Phi) is 4.63. The van der Waals surface area contributed by atoms with Gasteiger partial charge in [0.05, 0.1) is 12.3 Å². The van der Waals surface area contributed by atoms with E-state index in [1.54, 1.807) is 11.8 Å². The van der Waals surface area contributed by atoms with Crippen molar-refractivity contribution < 1.29 is 4.74 Å². The van der Waals surface area contributed by atoms with Crippen molar-refractivity contribution in [1.29, 1.82) is 0 Å². The molecule has 0 spiro atoms. The summed E-state index contributed by atoms with van der Waals surface area (Å²) in [5.74, 6) is 1.95. The predicted octanol–water partition coefficient (Wildman–Crippen LogP) is 4.01. The molecule has 0 saturated heterocycles. The van der Waals surface area contributed by atoms with Gasteiger partial charge in [-0.05, 0) is 42.7 Å². The highest BCUT2D eigenvalue weighted by molar-refractivity contribution is 7.99. The number of nitrogens with two attached hydrogens (primary N) is 1. The monoisotopic (exact) mass is 354 g/mol. The molecule has 0 unspecified atom stereocenters. The van der Waals surface area contributed by atoms with Gasteiger partial charge in [0, 0.05) is 17.7 Å². The van der Waals surface area contributed by atoms with E-state index in [-0.39, 0.29) is 0 Å². The molecule has 5 nitrogen and oxygen atoms in total. The van der Waals surface area contributed by atoms with Gasteiger partial charge in [-0.25, -0.2) is 0 Å². The third-order valence-corrected chi connectivity index (χ3v) is 5.41. The van der Waals surface area contributed by atoms with E-state index in [2.05, 4.69) is 46.6 Å². The topological polar surface area (TPSA) is 66.0 Å². The molecule has 1 heterocycles. The van der Waals surface area contributed by atoms with Gasteiger partial charge < -0.3 is 10.5 Å². The van der Waals surface area contributed by atoms with Crippen molar-refractivity contribution in [2.75, 3.05) is 24.7 Å². The van der Waals surface area contributed by atoms with Crippen LogP contribution in [0.15, 0.2) is 41.6 Å². The molecular weight excluding hydrogens is 332 g/mol. The Morgan fingerprint density at radius 1 is 1.16 bits per heavy atom. The fourth-order valence-electron chi connectivity index (χ4n) is 3.19. The number of ether oxygens (including phenoxy) is 1. The smallest absolute Gasteiger partial charge is 0.227 e. The van der Waals surface area contributed by atoms with Crippen LogP contribution in [0.4, 0.5) is 5.95 Å². The fraction of sp³-hybridized carbons (Fsp3) is 0.368. The SMILES string of the molecule is CCOCCSc1nnc(N)n1-c1ccc(C2CC2)c2ccccc12. The van der Waals surface area contributed by atoms with E-state index < -0.39 is 0 Å². The number of nitrogen functional groups attached to an aromatic ring is 1. The van der Waals surface area contributed by atoms with E-state index >= 15 is 0 Å². The highest BCUT2D eigenvalue weighted by Crippen LogP contribution is 2.44. The second-order valence-electron chi connectivity index (χ2n) is 6.22. The van der Waals surface area contributed by atoms with Gasteiger partial charge >= 0.3 is 0 Å². The summed E-state index contributed by atoms with van der Waals surface area (Å²) in [4.78, 5) is 0. The number of hydrogen-bond donors (Lipinski definition) is 1. The maximum absolute atomic E-state index is 6.15. The van der Waals surface area contributed by atoms with Gasteiger partial charge in [0.1, 0.15) is 0 Å². The molecule has 2 N–H and O–H groups in total. The first-order valence-corrected chi connectivity index (χ1v) is 9.71. The molecule has 2 aromatic carbocycles. The Morgan fingerprint density at radius 2 is 1.96 bits per heavy atom. The van der Waals surface area contributed by atoms with Gasteiger partial charge in [-0.3, -0.25) is 4.57 Å². The molecule has 1 aromatic heterocycles. The Labute approximate surface area is 151 Å². The van der Waals surface area contributed by atoms with Crippen molar-refractivity contribution in [3.63, 3.8) is 0 Å². The number of fused-ring (bicyclic) bond motifs is 1. The van der Waals surface area contributed by atoms with Gasteiger partial charge in [0.2, 0.25) is 5.95 Å². The molecule has 0 atom stereocenters. The van der Waals surface area contributed by atoms with Crippen molar-refractivity contribution in [3.8, 4) is 5.69 Å². The second-order valence-corrected chi connectivity index (χ2v) is 7.28. The predicted molar refractivity (Wildman–Crippen MR) is 102 cm³/mol. The Balaban J connectivity index is 1.75. The number of aromatic nitrogens is 3. The van der Waals surface area contributed by atoms with Crippen LogP contribution >= 0.6 is 11.8 Å². The zero-order valence-electron chi connectivity index (χ0n) is 14.3. The molecule has 1 saturated carbocycles. The summed E-state index contributed by atoms with van der Waals surface area (Å²) >= 11 is 1.62. The lowest BCUT2D eigenvalue weighted by Crippen LogP contribution is -2.05. The zero-order chi connectivity index (χ0) is 17.2. The normalized spacial score (nSPS) is 14.3. The molecule has 0 radical (unpaired) electrons. The molecule has 1 fully saturated rings. The number of hydrogen-bond acceptors (Lipinski definition) is 5. The zero-order valence-corrected chi connectivity index (χ0v) is 15.1. The van der Waals surface area contributed by atoms with Crippen molar-refractivity contribution in [2.24, 2.45) is 0 Å². The van der Waals surface area contributed by atoms with Crippen LogP contribution in [0.5, 0.6) is 0 Å². The average molecular weight is 354 g/mol. The van der Waals surface area contributed by atoms with Crippen LogP contribution in [0, 0.1) is 0 Å². The Morgan fingerprint density at radius 3 is 2.72 bits per heavy atom. The Bertz CT molecular complexity index is 888. The molecule has 130 valence electrons. The lowest BCUT2D eigenvalue weighted by Gasteiger charge is -2.14. The molecule has 1 aliphatic carbocycles. The molecule has 3 aromatic rings. The fourth-order valence-corrected chi connectivity index (χ4v) is 3.99. The molecule has 25 heavy (non-hydrogen) atoms. The molecule has 6 heteroatoms. The molecule has 1 aliphatic rings. The molecule has 0 bridgehead atoms. The molecular formula is C19H22N4OS. The molecule has 0 aliphatic heterocycles. The maximum Gasteiger partial charge on any atom is 0.227 e. The van der Waals surface area contributed by atoms with Crippen molar-refractivity contribution in [1.82, 2.24) is 14.8 Å². The minimum Gasteiger partial charge on any atom is -0.381 e. The van der Waals surface area contributed by atoms with Crippen LogP contribution in [0.2, 0.25) is 0 Å². The number of nitrogens with zero attached hydrogens (tertiary/aromatic N) is 3. The maximum atomic E-state index is 6.15. The van der Waals surface area contributed by atoms with Crippen LogP contribution in [0.1, 0.15) is 31.2 Å². The van der Waals surface area contributed by atoms with E-state index in [4.69, 9.17) is 10.5 Å². The van der Waals surface area contributed by atoms with Gasteiger partial charge in [-0.15, -0.1) is 10.2 Å². The lowest BCUT2D eigenvalue weighted by molar-refractivity contribution is 0.164. The number of benzene rings is 2. The lowest BCUT2D eigenvalue weighted by atomic mass is 9.99. The highest BCUT2D eigenvalue weighted by atomic mass is 32.2. The van der Waals surface area contributed by atoms with E-state index in [1.807, 2.05) is 11.5 Å². The van der Waals surface area contributed by atoms with Crippen LogP contribution in [0.3, 0.4) is 0 Å². The molecule has 0 amide bonds. The highest BCUT2D eigenvalue weighted by Gasteiger charge is 2.26. The summed E-state index contributed by atoms with van der Waals surface area (Å²) in [6, 6.07) is 12.9. The summed E-state index contributed by atoms with van der Waals surface area (Å²) in [6.45, 7) is 3.41. The summed E-state index contributed by atoms with van der Waals surface area (Å²) in [6.07, 6.45) is 2.58. The van der Waals surface area contributed by atoms with Crippen LogP contribution < -0.4 is 5.73 Å². The summed E-state index contributed by atoms with van der Waals surface area (Å²) in [7, 11) is 0. The first-order chi connectivity index (χ1) is 12.3. The average Bonchev–Trinajstić information content (AvgIpc) is 3.42. The van der Waals surface area contributed by atoms with E-state index in [0.717, 1.165) is 23.2 Å². The summed E-state index contributed by atoms with van der Waals surface area (Å²) in [5.41, 5.74) is 8.63. The van der Waals surface area contributed by atoms with Crippen molar-refractivity contribution in [3.05, 3.63) is 42.0 Å². The third kappa shape index (κ3) is 3.24. The third-order valence-electron chi connectivity index (χ3n) is 4.51. The quantitative estimate of drug-likeness (QED) is 0.513. The van der Waals surface area contributed by atoms with Crippen LogP contribution in [-0.4, -0.2) is 33.7 Å². The van der Waals surface area contributed by atoms with Gasteiger partial charge in [-0.1, -0.05) is 42.1 Å². The largest absolute Gasteiger partial charge is 0.381 e. The van der Waals surface area contributed by atoms with E-state index in [1.165, 1.54) is 29.2 Å². The summed E-state index contributed by atoms with van der Waals surface area (Å²) in [5, 5.41) is 11.7. The number of thioether (sulfide) groups is 1. The molecule has 4 rings (SSSR count). The second kappa shape index (κ2) is 7.06. The first kappa shape index (κ1) is 16.4. The minimum absolute atomic E-state index is 0.420. The minimum atomic E-state index is 0.420. The van der Waals surface area contributed by atoms with E-state index in [9.17, 15) is 0 Å². The van der Waals surface area contributed by atoms with E-state index in [0.29, 0.717) is 18.5 Å². The first-order valence-electron chi connectivity index (χ1n) is 8.73. The number of anilines is 1. The summed E-state index contributed by atoms with van der Waals surface area (Å²) < 4.78 is 7.37. The van der Waals surface area contributed by atoms with Gasteiger partial charge in [0.25, 0.3) is 0 Å². The Hall–Kier alpha value is -2.05. The van der Waals surface area contributed by atoms with Crippen LogP contribution in [0.25, 0.3) is 16.5 Å². The standard InChI is InChI=1S/C19H22N4OS/c1-2-24-11-12-25-19-22-21-18(20)23(19)17-10-9-14(13-7-8-13)15-5-3-4-6-16(15)17/h3-6,9-10,13H,2,7-8,11-12H2,1H3,(H2,20,21). The van der Waals surface area contributed by atoms with Gasteiger partial charge in [0.15, 0.2) is 5.16 Å². The van der Waals surface area contributed by atoms with Crippen molar-refractivity contribution in [2.45, 2.75) is 30.8 Å². The van der Waals surface area contributed by atoms with Crippen molar-refractivity contribution >= 4 is 28.5 Å².